The highest BCUT2D eigenvalue weighted by Crippen LogP contribution is 2.26. The number of hydrazine groups is 1. The molecule has 106 valence electrons. The predicted molar refractivity (Wildman–Crippen MR) is 82.7 cm³/mol. The fourth-order valence-corrected chi connectivity index (χ4v) is 2.44. The molecule has 0 saturated heterocycles. The molecule has 0 aliphatic heterocycles. The van der Waals surface area contributed by atoms with Gasteiger partial charge in [0, 0.05) is 0 Å². The third-order valence-corrected chi connectivity index (χ3v) is 3.43. The fourth-order valence-electron chi connectivity index (χ4n) is 2.44. The number of nitrogens with one attached hydrogen (secondary N) is 1. The van der Waals surface area contributed by atoms with Gasteiger partial charge in [-0.15, -0.1) is 0 Å². The Hall–Kier alpha value is -1.84. The van der Waals surface area contributed by atoms with Gasteiger partial charge in [0.15, 0.2) is 0 Å². The van der Waals surface area contributed by atoms with Crippen LogP contribution < -0.4 is 16.0 Å². The Morgan fingerprint density at radius 1 is 1.10 bits per heavy atom. The molecule has 0 bridgehead atoms. The van der Waals surface area contributed by atoms with Crippen LogP contribution in [0.5, 0.6) is 5.75 Å². The van der Waals surface area contributed by atoms with Crippen molar-refractivity contribution in [2.24, 2.45) is 5.84 Å². The van der Waals surface area contributed by atoms with Crippen LogP contribution in [0.2, 0.25) is 0 Å². The Morgan fingerprint density at radius 2 is 1.80 bits per heavy atom. The minimum absolute atomic E-state index is 0.00808. The third-order valence-electron chi connectivity index (χ3n) is 3.43. The van der Waals surface area contributed by atoms with E-state index in [1.807, 2.05) is 19.1 Å². The van der Waals surface area contributed by atoms with Crippen LogP contribution >= 0.6 is 0 Å². The summed E-state index contributed by atoms with van der Waals surface area (Å²) in [6.07, 6.45) is 0. The summed E-state index contributed by atoms with van der Waals surface area (Å²) in [4.78, 5) is 0. The van der Waals surface area contributed by atoms with Gasteiger partial charge in [0.2, 0.25) is 0 Å². The molecule has 1 unspecified atom stereocenters. The maximum Gasteiger partial charge on any atom is 0.119 e. The average Bonchev–Trinajstić information content (AvgIpc) is 2.44. The van der Waals surface area contributed by atoms with Gasteiger partial charge in [0.25, 0.3) is 0 Å². The van der Waals surface area contributed by atoms with E-state index in [1.54, 1.807) is 0 Å². The van der Waals surface area contributed by atoms with Crippen LogP contribution in [0.3, 0.4) is 0 Å². The van der Waals surface area contributed by atoms with Crippen LogP contribution in [0.4, 0.5) is 0 Å². The van der Waals surface area contributed by atoms with Gasteiger partial charge < -0.3 is 4.74 Å². The highest BCUT2D eigenvalue weighted by atomic mass is 16.5. The Balaban J connectivity index is 2.31. The second-order valence-electron chi connectivity index (χ2n) is 4.96. The molecule has 1 atom stereocenters. The molecule has 0 aliphatic carbocycles. The Labute approximate surface area is 120 Å². The van der Waals surface area contributed by atoms with Crippen molar-refractivity contribution < 1.29 is 4.74 Å². The second-order valence-corrected chi connectivity index (χ2v) is 4.96. The molecule has 2 aromatic carbocycles. The molecule has 0 aromatic heterocycles. The molecule has 0 fully saturated rings. The maximum atomic E-state index is 5.76. The maximum absolute atomic E-state index is 5.76. The van der Waals surface area contributed by atoms with E-state index in [0.717, 1.165) is 11.3 Å². The van der Waals surface area contributed by atoms with Gasteiger partial charge in [0.05, 0.1) is 12.6 Å². The van der Waals surface area contributed by atoms with E-state index in [4.69, 9.17) is 10.6 Å². The lowest BCUT2D eigenvalue weighted by atomic mass is 9.94. The van der Waals surface area contributed by atoms with E-state index < -0.39 is 0 Å². The molecule has 2 aromatic rings. The van der Waals surface area contributed by atoms with Crippen molar-refractivity contribution in [3.05, 3.63) is 64.7 Å². The topological polar surface area (TPSA) is 47.3 Å². The van der Waals surface area contributed by atoms with Crippen LogP contribution in [0.25, 0.3) is 0 Å². The van der Waals surface area contributed by atoms with E-state index >= 15 is 0 Å². The molecule has 0 spiro atoms. The van der Waals surface area contributed by atoms with Gasteiger partial charge in [-0.3, -0.25) is 5.84 Å². The predicted octanol–water partition coefficient (Wildman–Crippen LogP) is 3.25. The van der Waals surface area contributed by atoms with Crippen LogP contribution in [-0.4, -0.2) is 6.61 Å². The van der Waals surface area contributed by atoms with Gasteiger partial charge in [-0.05, 0) is 49.6 Å². The van der Waals surface area contributed by atoms with E-state index in [1.165, 1.54) is 16.7 Å². The quantitative estimate of drug-likeness (QED) is 0.647. The van der Waals surface area contributed by atoms with E-state index in [9.17, 15) is 0 Å². The van der Waals surface area contributed by atoms with Gasteiger partial charge in [-0.25, -0.2) is 5.43 Å². The summed E-state index contributed by atoms with van der Waals surface area (Å²) in [6, 6.07) is 14.5. The molecule has 0 radical (unpaired) electrons. The normalized spacial score (nSPS) is 12.2. The first-order valence-corrected chi connectivity index (χ1v) is 6.91. The summed E-state index contributed by atoms with van der Waals surface area (Å²) >= 11 is 0. The Bertz CT molecular complexity index is 564. The molecule has 0 saturated carbocycles. The number of nitrogens with two attached hydrogens (primary N) is 1. The lowest BCUT2D eigenvalue weighted by Gasteiger charge is -2.20. The summed E-state index contributed by atoms with van der Waals surface area (Å²) in [5.41, 5.74) is 7.73. The Morgan fingerprint density at radius 3 is 2.35 bits per heavy atom. The van der Waals surface area contributed by atoms with Gasteiger partial charge >= 0.3 is 0 Å². The minimum Gasteiger partial charge on any atom is -0.494 e. The molecule has 2 rings (SSSR count). The summed E-state index contributed by atoms with van der Waals surface area (Å²) in [6.45, 7) is 6.86. The van der Waals surface area contributed by atoms with E-state index in [0.29, 0.717) is 6.61 Å². The number of rotatable bonds is 5. The number of ether oxygens (including phenoxy) is 1. The summed E-state index contributed by atoms with van der Waals surface area (Å²) in [7, 11) is 0. The molecule has 0 aliphatic rings. The van der Waals surface area contributed by atoms with Crippen LogP contribution in [0.1, 0.15) is 35.2 Å². The number of aryl methyl sites for hydroxylation is 2. The molecular weight excluding hydrogens is 248 g/mol. The van der Waals surface area contributed by atoms with Gasteiger partial charge in [-0.1, -0.05) is 35.9 Å². The zero-order valence-corrected chi connectivity index (χ0v) is 12.3. The lowest BCUT2D eigenvalue weighted by molar-refractivity contribution is 0.340. The molecule has 3 nitrogen and oxygen atoms in total. The number of hydrogen-bond acceptors (Lipinski definition) is 3. The van der Waals surface area contributed by atoms with Crippen molar-refractivity contribution in [3.8, 4) is 5.75 Å². The second kappa shape index (κ2) is 6.55. The standard InChI is InChI=1S/C17H22N2O/c1-4-20-15-8-6-14(7-9-15)17(19-18)16-10-5-12(2)11-13(16)3/h5-11,17,19H,4,18H2,1-3H3. The molecule has 3 heteroatoms. The average molecular weight is 270 g/mol. The summed E-state index contributed by atoms with van der Waals surface area (Å²) in [5.74, 6) is 6.64. The zero-order valence-electron chi connectivity index (χ0n) is 12.3. The molecular formula is C17H22N2O. The van der Waals surface area contributed by atoms with Crippen molar-refractivity contribution >= 4 is 0 Å². The molecule has 20 heavy (non-hydrogen) atoms. The van der Waals surface area contributed by atoms with Crippen molar-refractivity contribution in [1.82, 2.24) is 5.43 Å². The lowest BCUT2D eigenvalue weighted by Crippen LogP contribution is -2.29. The summed E-state index contributed by atoms with van der Waals surface area (Å²) in [5, 5.41) is 0. The van der Waals surface area contributed by atoms with Crippen molar-refractivity contribution in [3.63, 3.8) is 0 Å². The first-order valence-electron chi connectivity index (χ1n) is 6.91. The van der Waals surface area contributed by atoms with E-state index in [2.05, 4.69) is 49.6 Å². The fraction of sp³-hybridized carbons (Fsp3) is 0.294. The van der Waals surface area contributed by atoms with Crippen molar-refractivity contribution in [1.29, 1.82) is 0 Å². The Kier molecular flexibility index (Phi) is 4.77. The van der Waals surface area contributed by atoms with Crippen LogP contribution in [0, 0.1) is 13.8 Å². The first kappa shape index (κ1) is 14.6. The minimum atomic E-state index is -0.00808. The highest BCUT2D eigenvalue weighted by molar-refractivity contribution is 5.40. The number of hydrogen-bond donors (Lipinski definition) is 2. The first-order chi connectivity index (χ1) is 9.65. The molecule has 0 heterocycles. The highest BCUT2D eigenvalue weighted by Gasteiger charge is 2.14. The molecule has 3 N–H and O–H groups in total. The van der Waals surface area contributed by atoms with Gasteiger partial charge in [-0.2, -0.15) is 0 Å². The van der Waals surface area contributed by atoms with E-state index in [-0.39, 0.29) is 6.04 Å². The SMILES string of the molecule is CCOc1ccc(C(NN)c2ccc(C)cc2C)cc1. The summed E-state index contributed by atoms with van der Waals surface area (Å²) < 4.78 is 5.47. The van der Waals surface area contributed by atoms with Crippen LogP contribution in [-0.2, 0) is 0 Å². The van der Waals surface area contributed by atoms with Crippen molar-refractivity contribution in [2.75, 3.05) is 6.61 Å². The van der Waals surface area contributed by atoms with Crippen molar-refractivity contribution in [2.45, 2.75) is 26.8 Å². The monoisotopic (exact) mass is 270 g/mol. The largest absolute Gasteiger partial charge is 0.494 e. The molecule has 0 amide bonds. The number of benzene rings is 2. The smallest absolute Gasteiger partial charge is 0.119 e. The zero-order chi connectivity index (χ0) is 14.5. The van der Waals surface area contributed by atoms with Gasteiger partial charge in [0.1, 0.15) is 5.75 Å². The van der Waals surface area contributed by atoms with Crippen LogP contribution in [0.15, 0.2) is 42.5 Å². The third kappa shape index (κ3) is 3.18.